The molecule has 2 N–H and O–H groups in total. The van der Waals surface area contributed by atoms with E-state index in [9.17, 15) is 28.5 Å². The number of rotatable bonds is 6. The van der Waals surface area contributed by atoms with E-state index in [4.69, 9.17) is 0 Å². The van der Waals surface area contributed by atoms with Crippen molar-refractivity contribution in [2.24, 2.45) is 0 Å². The molecule has 7 nitrogen and oxygen atoms in total. The van der Waals surface area contributed by atoms with Crippen LogP contribution in [0.25, 0.3) is 6.08 Å². The van der Waals surface area contributed by atoms with E-state index in [1.165, 1.54) is 66.7 Å². The Balaban J connectivity index is 1.95. The first kappa shape index (κ1) is 21.3. The summed E-state index contributed by atoms with van der Waals surface area (Å²) >= 11 is 0. The van der Waals surface area contributed by atoms with Crippen LogP contribution in [-0.4, -0.2) is 16.7 Å². The number of non-ortho nitro benzene ring substituents is 1. The minimum absolute atomic E-state index is 0.120. The van der Waals surface area contributed by atoms with Crippen LogP contribution in [0, 0.1) is 21.7 Å². The number of nitrogens with one attached hydrogen (secondary N) is 2. The van der Waals surface area contributed by atoms with Crippen LogP contribution >= 0.6 is 0 Å². The molecule has 0 fully saturated rings. The monoisotopic (exact) mass is 423 g/mol. The molecule has 9 heteroatoms. The molecule has 0 bridgehead atoms. The third kappa shape index (κ3) is 5.57. The van der Waals surface area contributed by atoms with Gasteiger partial charge in [0.1, 0.15) is 17.3 Å². The van der Waals surface area contributed by atoms with E-state index in [-0.39, 0.29) is 28.2 Å². The lowest BCUT2D eigenvalue weighted by Crippen LogP contribution is -2.31. The van der Waals surface area contributed by atoms with Gasteiger partial charge in [-0.1, -0.05) is 30.3 Å². The van der Waals surface area contributed by atoms with Gasteiger partial charge in [-0.05, 0) is 42.0 Å². The lowest BCUT2D eigenvalue weighted by molar-refractivity contribution is -0.384. The second-order valence-electron chi connectivity index (χ2n) is 6.31. The summed E-state index contributed by atoms with van der Waals surface area (Å²) in [4.78, 5) is 35.7. The third-order valence-electron chi connectivity index (χ3n) is 4.09. The fourth-order valence-corrected chi connectivity index (χ4v) is 2.65. The largest absolute Gasteiger partial charge is 0.321 e. The number of hydrogen-bond donors (Lipinski definition) is 2. The summed E-state index contributed by atoms with van der Waals surface area (Å²) in [5.74, 6) is -3.11. The summed E-state index contributed by atoms with van der Waals surface area (Å²) in [5, 5.41) is 15.7. The summed E-state index contributed by atoms with van der Waals surface area (Å²) < 4.78 is 27.4. The topological polar surface area (TPSA) is 101 Å². The van der Waals surface area contributed by atoms with Gasteiger partial charge in [0.05, 0.1) is 10.5 Å². The summed E-state index contributed by atoms with van der Waals surface area (Å²) in [6.45, 7) is 0. The van der Waals surface area contributed by atoms with Crippen molar-refractivity contribution in [3.05, 3.63) is 111 Å². The van der Waals surface area contributed by atoms with E-state index in [1.807, 2.05) is 0 Å². The minimum atomic E-state index is -0.899. The van der Waals surface area contributed by atoms with Gasteiger partial charge in [-0.25, -0.2) is 8.78 Å². The van der Waals surface area contributed by atoms with Crippen LogP contribution in [0.2, 0.25) is 0 Å². The molecule has 0 radical (unpaired) electrons. The highest BCUT2D eigenvalue weighted by atomic mass is 19.1. The van der Waals surface area contributed by atoms with Gasteiger partial charge in [-0.2, -0.15) is 0 Å². The first-order chi connectivity index (χ1) is 14.8. The minimum Gasteiger partial charge on any atom is -0.321 e. The zero-order chi connectivity index (χ0) is 22.4. The van der Waals surface area contributed by atoms with Gasteiger partial charge < -0.3 is 10.6 Å². The van der Waals surface area contributed by atoms with Gasteiger partial charge in [-0.15, -0.1) is 0 Å². The van der Waals surface area contributed by atoms with Crippen molar-refractivity contribution in [1.82, 2.24) is 5.32 Å². The number of nitro benzene ring substituents is 1. The lowest BCUT2D eigenvalue weighted by Gasteiger charge is -2.12. The van der Waals surface area contributed by atoms with Crippen molar-refractivity contribution < 1.29 is 23.3 Å². The highest BCUT2D eigenvalue weighted by Gasteiger charge is 2.18. The Kier molecular flexibility index (Phi) is 6.46. The molecule has 0 unspecified atom stereocenters. The number of amides is 2. The Labute approximate surface area is 175 Å². The number of benzene rings is 3. The molecule has 3 aromatic rings. The molecule has 0 atom stereocenters. The molecule has 3 rings (SSSR count). The molecule has 0 saturated heterocycles. The van der Waals surface area contributed by atoms with Gasteiger partial charge in [0, 0.05) is 17.8 Å². The molecule has 31 heavy (non-hydrogen) atoms. The zero-order valence-corrected chi connectivity index (χ0v) is 15.8. The normalized spacial score (nSPS) is 11.0. The third-order valence-corrected chi connectivity index (χ3v) is 4.09. The Morgan fingerprint density at radius 3 is 2.39 bits per heavy atom. The summed E-state index contributed by atoms with van der Waals surface area (Å²) in [6, 6.07) is 15.6. The van der Waals surface area contributed by atoms with Crippen LogP contribution in [0.1, 0.15) is 15.9 Å². The summed E-state index contributed by atoms with van der Waals surface area (Å²) in [7, 11) is 0. The molecular weight excluding hydrogens is 408 g/mol. The van der Waals surface area contributed by atoms with Crippen molar-refractivity contribution in [3.63, 3.8) is 0 Å². The molecule has 3 aromatic carbocycles. The standard InChI is InChI=1S/C22H15F2N3O4/c23-15-6-4-7-16(13-15)25-22(29)20(12-14-5-3-8-17(11-14)27(30)31)26-21(28)18-9-1-2-10-19(18)24/h1-13H,(H,25,29)(H,26,28)/b20-12-. The maximum Gasteiger partial charge on any atom is 0.272 e. The number of anilines is 1. The highest BCUT2D eigenvalue weighted by molar-refractivity contribution is 6.10. The van der Waals surface area contributed by atoms with E-state index in [1.54, 1.807) is 0 Å². The zero-order valence-electron chi connectivity index (χ0n) is 15.8. The quantitative estimate of drug-likeness (QED) is 0.351. The lowest BCUT2D eigenvalue weighted by atomic mass is 10.1. The van der Waals surface area contributed by atoms with E-state index in [2.05, 4.69) is 10.6 Å². The maximum atomic E-state index is 14.0. The van der Waals surface area contributed by atoms with E-state index >= 15 is 0 Å². The predicted molar refractivity (Wildman–Crippen MR) is 110 cm³/mol. The van der Waals surface area contributed by atoms with E-state index in [0.717, 1.165) is 12.1 Å². The molecule has 0 aliphatic rings. The molecule has 156 valence electrons. The fraction of sp³-hybridized carbons (Fsp3) is 0. The van der Waals surface area contributed by atoms with Gasteiger partial charge in [-0.3, -0.25) is 19.7 Å². The second-order valence-corrected chi connectivity index (χ2v) is 6.31. The van der Waals surface area contributed by atoms with Crippen LogP contribution < -0.4 is 10.6 Å². The molecular formula is C22H15F2N3O4. The number of halogens is 2. The van der Waals surface area contributed by atoms with Gasteiger partial charge >= 0.3 is 0 Å². The van der Waals surface area contributed by atoms with Crippen LogP contribution in [0.4, 0.5) is 20.2 Å². The number of carbonyl (C=O) groups is 2. The number of hydrogen-bond acceptors (Lipinski definition) is 4. The van der Waals surface area contributed by atoms with Crippen LogP contribution in [0.5, 0.6) is 0 Å². The summed E-state index contributed by atoms with van der Waals surface area (Å²) in [6.07, 6.45) is 1.19. The van der Waals surface area contributed by atoms with Crippen LogP contribution in [-0.2, 0) is 4.79 Å². The number of nitro groups is 1. The van der Waals surface area contributed by atoms with Gasteiger partial charge in [0.15, 0.2) is 0 Å². The molecule has 0 heterocycles. The maximum absolute atomic E-state index is 14.0. The molecule has 0 saturated carbocycles. The Morgan fingerprint density at radius 2 is 1.68 bits per heavy atom. The number of carbonyl (C=O) groups excluding carboxylic acids is 2. The average Bonchev–Trinajstić information content (AvgIpc) is 2.73. The molecule has 0 spiro atoms. The summed E-state index contributed by atoms with van der Waals surface area (Å²) in [5.41, 5.74) is -0.481. The second kappa shape index (κ2) is 9.40. The van der Waals surface area contributed by atoms with Gasteiger partial charge in [0.2, 0.25) is 0 Å². The Bertz CT molecular complexity index is 1190. The first-order valence-electron chi connectivity index (χ1n) is 8.92. The molecule has 0 aliphatic heterocycles. The molecule has 2 amide bonds. The Hall–Kier alpha value is -4.40. The van der Waals surface area contributed by atoms with Crippen molar-refractivity contribution in [3.8, 4) is 0 Å². The predicted octanol–water partition coefficient (Wildman–Crippen LogP) is 4.28. The van der Waals surface area contributed by atoms with E-state index < -0.39 is 28.4 Å². The molecule has 0 aliphatic carbocycles. The van der Waals surface area contributed by atoms with Crippen molar-refractivity contribution in [2.75, 3.05) is 5.32 Å². The fourth-order valence-electron chi connectivity index (χ4n) is 2.65. The highest BCUT2D eigenvalue weighted by Crippen LogP contribution is 2.17. The van der Waals surface area contributed by atoms with Crippen LogP contribution in [0.15, 0.2) is 78.5 Å². The van der Waals surface area contributed by atoms with E-state index in [0.29, 0.717) is 0 Å². The van der Waals surface area contributed by atoms with Crippen molar-refractivity contribution in [2.45, 2.75) is 0 Å². The van der Waals surface area contributed by atoms with Crippen molar-refractivity contribution in [1.29, 1.82) is 0 Å². The smallest absolute Gasteiger partial charge is 0.272 e. The average molecular weight is 423 g/mol. The van der Waals surface area contributed by atoms with Crippen LogP contribution in [0.3, 0.4) is 0 Å². The Morgan fingerprint density at radius 1 is 0.935 bits per heavy atom. The van der Waals surface area contributed by atoms with Crippen molar-refractivity contribution >= 4 is 29.3 Å². The molecule has 0 aromatic heterocycles. The number of nitrogens with zero attached hydrogens (tertiary/aromatic N) is 1. The SMILES string of the molecule is O=C(Nc1cccc(F)c1)/C(=C/c1cccc([N+](=O)[O-])c1)NC(=O)c1ccccc1F. The van der Waals surface area contributed by atoms with Gasteiger partial charge in [0.25, 0.3) is 17.5 Å². The first-order valence-corrected chi connectivity index (χ1v) is 8.92.